The van der Waals surface area contributed by atoms with E-state index in [0.29, 0.717) is 6.54 Å². The number of carbonyl (C=O) groups excluding carboxylic acids is 1. The molecule has 0 unspecified atom stereocenters. The van der Waals surface area contributed by atoms with Gasteiger partial charge >= 0.3 is 0 Å². The number of nitrogens with two attached hydrogens (primary N) is 1. The zero-order valence-corrected chi connectivity index (χ0v) is 8.01. The van der Waals surface area contributed by atoms with Crippen molar-refractivity contribution < 1.29 is 4.79 Å². The van der Waals surface area contributed by atoms with Gasteiger partial charge in [-0.05, 0) is 5.56 Å². The van der Waals surface area contributed by atoms with E-state index in [9.17, 15) is 4.79 Å². The molecule has 1 rings (SSSR count). The molecule has 0 spiro atoms. The molecular weight excluding hydrogens is 188 g/mol. The number of carbonyl (C=O) groups is 1. The van der Waals surface area contributed by atoms with Crippen LogP contribution in [0.15, 0.2) is 30.3 Å². The lowest BCUT2D eigenvalue weighted by Crippen LogP contribution is -2.27. The molecule has 3 nitrogen and oxygen atoms in total. The highest BCUT2D eigenvalue weighted by molar-refractivity contribution is 5.85. The second-order valence-corrected chi connectivity index (χ2v) is 2.56. The maximum atomic E-state index is 10.3. The summed E-state index contributed by atoms with van der Waals surface area (Å²) < 4.78 is 0. The maximum absolute atomic E-state index is 10.3. The van der Waals surface area contributed by atoms with Crippen molar-refractivity contribution in [2.24, 2.45) is 5.73 Å². The minimum atomic E-state index is -0.328. The average molecular weight is 201 g/mol. The first-order valence-corrected chi connectivity index (χ1v) is 3.82. The first-order valence-electron chi connectivity index (χ1n) is 3.82. The predicted molar refractivity (Wildman–Crippen MR) is 54.6 cm³/mol. The van der Waals surface area contributed by atoms with E-state index in [2.05, 4.69) is 5.32 Å². The Hall–Kier alpha value is -1.06. The molecule has 0 heterocycles. The number of benzene rings is 1. The van der Waals surface area contributed by atoms with Crippen molar-refractivity contribution >= 4 is 18.3 Å². The van der Waals surface area contributed by atoms with Crippen molar-refractivity contribution in [3.63, 3.8) is 0 Å². The van der Waals surface area contributed by atoms with Crippen molar-refractivity contribution in [1.82, 2.24) is 5.32 Å². The number of halogens is 1. The van der Waals surface area contributed by atoms with E-state index in [-0.39, 0.29) is 24.9 Å². The molecule has 4 heteroatoms. The van der Waals surface area contributed by atoms with Gasteiger partial charge in [-0.15, -0.1) is 12.4 Å². The van der Waals surface area contributed by atoms with E-state index in [1.54, 1.807) is 0 Å². The molecule has 0 aliphatic carbocycles. The van der Waals surface area contributed by atoms with Crippen LogP contribution in [-0.4, -0.2) is 12.5 Å². The predicted octanol–water partition coefficient (Wildman–Crippen LogP) is 0.683. The second kappa shape index (κ2) is 6.46. The summed E-state index contributed by atoms with van der Waals surface area (Å²) in [6, 6.07) is 9.86. The molecule has 3 N–H and O–H groups in total. The van der Waals surface area contributed by atoms with Crippen LogP contribution in [0, 0.1) is 0 Å². The van der Waals surface area contributed by atoms with Crippen LogP contribution in [0.25, 0.3) is 0 Å². The SMILES string of the molecule is Cl.NC(=O)CNCc1ccccc1. The summed E-state index contributed by atoms with van der Waals surface area (Å²) in [6.07, 6.45) is 0. The fourth-order valence-corrected chi connectivity index (χ4v) is 0.926. The Kier molecular flexibility index (Phi) is 5.93. The summed E-state index contributed by atoms with van der Waals surface area (Å²) in [5, 5.41) is 2.93. The summed E-state index contributed by atoms with van der Waals surface area (Å²) in [6.45, 7) is 0.915. The van der Waals surface area contributed by atoms with Gasteiger partial charge in [0.1, 0.15) is 0 Å². The van der Waals surface area contributed by atoms with E-state index in [1.807, 2.05) is 30.3 Å². The molecule has 0 atom stereocenters. The lowest BCUT2D eigenvalue weighted by atomic mass is 10.2. The summed E-state index contributed by atoms with van der Waals surface area (Å²) >= 11 is 0. The van der Waals surface area contributed by atoms with Crippen LogP contribution in [0.4, 0.5) is 0 Å². The van der Waals surface area contributed by atoms with E-state index < -0.39 is 0 Å². The second-order valence-electron chi connectivity index (χ2n) is 2.56. The zero-order chi connectivity index (χ0) is 8.81. The van der Waals surface area contributed by atoms with Crippen LogP contribution in [0.3, 0.4) is 0 Å². The molecular formula is C9H13ClN2O. The van der Waals surface area contributed by atoms with Crippen molar-refractivity contribution in [2.45, 2.75) is 6.54 Å². The Morgan fingerprint density at radius 3 is 2.46 bits per heavy atom. The largest absolute Gasteiger partial charge is 0.369 e. The van der Waals surface area contributed by atoms with Crippen molar-refractivity contribution in [1.29, 1.82) is 0 Å². The van der Waals surface area contributed by atoms with Crippen LogP contribution < -0.4 is 11.1 Å². The maximum Gasteiger partial charge on any atom is 0.231 e. The van der Waals surface area contributed by atoms with Gasteiger partial charge in [0.15, 0.2) is 0 Å². The molecule has 0 saturated carbocycles. The Morgan fingerprint density at radius 1 is 1.31 bits per heavy atom. The van der Waals surface area contributed by atoms with Crippen LogP contribution in [0.1, 0.15) is 5.56 Å². The molecule has 13 heavy (non-hydrogen) atoms. The third kappa shape index (κ3) is 5.22. The Bertz CT molecular complexity index is 251. The summed E-state index contributed by atoms with van der Waals surface area (Å²) in [5.74, 6) is -0.328. The van der Waals surface area contributed by atoms with Gasteiger partial charge < -0.3 is 11.1 Å². The third-order valence-electron chi connectivity index (χ3n) is 1.47. The molecule has 0 aliphatic rings. The molecule has 72 valence electrons. The fraction of sp³-hybridized carbons (Fsp3) is 0.222. The Labute approximate surface area is 83.7 Å². The van der Waals surface area contributed by atoms with Gasteiger partial charge in [0, 0.05) is 6.54 Å². The first kappa shape index (κ1) is 11.9. The van der Waals surface area contributed by atoms with Gasteiger partial charge in [-0.25, -0.2) is 0 Å². The number of hydrogen-bond donors (Lipinski definition) is 2. The number of nitrogens with one attached hydrogen (secondary N) is 1. The van der Waals surface area contributed by atoms with Crippen LogP contribution in [0.5, 0.6) is 0 Å². The smallest absolute Gasteiger partial charge is 0.231 e. The lowest BCUT2D eigenvalue weighted by molar-refractivity contribution is -0.117. The average Bonchev–Trinajstić information content (AvgIpc) is 2.05. The fourth-order valence-electron chi connectivity index (χ4n) is 0.926. The highest BCUT2D eigenvalue weighted by Gasteiger charge is 1.93. The molecule has 1 aromatic rings. The Balaban J connectivity index is 0.00000144. The zero-order valence-electron chi connectivity index (χ0n) is 7.19. The van der Waals surface area contributed by atoms with Crippen molar-refractivity contribution in [2.75, 3.05) is 6.54 Å². The van der Waals surface area contributed by atoms with Crippen molar-refractivity contribution in [3.8, 4) is 0 Å². The van der Waals surface area contributed by atoms with Gasteiger partial charge in [-0.3, -0.25) is 4.79 Å². The van der Waals surface area contributed by atoms with E-state index in [0.717, 1.165) is 5.56 Å². The third-order valence-corrected chi connectivity index (χ3v) is 1.47. The van der Waals surface area contributed by atoms with Gasteiger partial charge in [-0.1, -0.05) is 30.3 Å². The summed E-state index contributed by atoms with van der Waals surface area (Å²) in [5.41, 5.74) is 6.11. The minimum Gasteiger partial charge on any atom is -0.369 e. The summed E-state index contributed by atoms with van der Waals surface area (Å²) in [4.78, 5) is 10.3. The quantitative estimate of drug-likeness (QED) is 0.751. The van der Waals surface area contributed by atoms with Crippen molar-refractivity contribution in [3.05, 3.63) is 35.9 Å². The molecule has 0 fully saturated rings. The van der Waals surface area contributed by atoms with E-state index in [1.165, 1.54) is 0 Å². The van der Waals surface area contributed by atoms with E-state index >= 15 is 0 Å². The van der Waals surface area contributed by atoms with Crippen LogP contribution in [0.2, 0.25) is 0 Å². The first-order chi connectivity index (χ1) is 5.79. The number of hydrogen-bond acceptors (Lipinski definition) is 2. The highest BCUT2D eigenvalue weighted by atomic mass is 35.5. The monoisotopic (exact) mass is 200 g/mol. The number of primary amides is 1. The topological polar surface area (TPSA) is 55.1 Å². The molecule has 1 aromatic carbocycles. The molecule has 0 bridgehead atoms. The van der Waals surface area contributed by atoms with Crippen LogP contribution in [-0.2, 0) is 11.3 Å². The van der Waals surface area contributed by atoms with Gasteiger partial charge in [0.25, 0.3) is 0 Å². The number of amides is 1. The van der Waals surface area contributed by atoms with Gasteiger partial charge in [-0.2, -0.15) is 0 Å². The van der Waals surface area contributed by atoms with Gasteiger partial charge in [0.05, 0.1) is 6.54 Å². The minimum absolute atomic E-state index is 0. The Morgan fingerprint density at radius 2 is 1.92 bits per heavy atom. The normalized spacial score (nSPS) is 8.92. The molecule has 0 aromatic heterocycles. The molecule has 0 radical (unpaired) electrons. The van der Waals surface area contributed by atoms with Gasteiger partial charge in [0.2, 0.25) is 5.91 Å². The summed E-state index contributed by atoms with van der Waals surface area (Å²) in [7, 11) is 0. The van der Waals surface area contributed by atoms with Crippen LogP contribution >= 0.6 is 12.4 Å². The lowest BCUT2D eigenvalue weighted by Gasteiger charge is -2.00. The number of rotatable bonds is 4. The standard InChI is InChI=1S/C9H12N2O.ClH/c10-9(12)7-11-6-8-4-2-1-3-5-8;/h1-5,11H,6-7H2,(H2,10,12);1H. The molecule has 1 amide bonds. The molecule has 0 saturated heterocycles. The highest BCUT2D eigenvalue weighted by Crippen LogP contribution is 1.96. The molecule has 0 aliphatic heterocycles. The van der Waals surface area contributed by atoms with E-state index in [4.69, 9.17) is 5.73 Å².